The number of nitrogens with zero attached hydrogens (tertiary/aromatic N) is 2. The summed E-state index contributed by atoms with van der Waals surface area (Å²) in [7, 11) is 2.37. The third-order valence-corrected chi connectivity index (χ3v) is 2.98. The van der Waals surface area contributed by atoms with E-state index in [2.05, 4.69) is 9.39 Å². The molecule has 0 saturated carbocycles. The van der Waals surface area contributed by atoms with Gasteiger partial charge in [-0.15, -0.1) is 0 Å². The van der Waals surface area contributed by atoms with Gasteiger partial charge in [0.2, 0.25) is 0 Å². The summed E-state index contributed by atoms with van der Waals surface area (Å²) in [6.45, 7) is 6.47. The summed E-state index contributed by atoms with van der Waals surface area (Å²) >= 11 is 0. The summed E-state index contributed by atoms with van der Waals surface area (Å²) < 4.78 is 6.85. The van der Waals surface area contributed by atoms with E-state index in [1.165, 1.54) is 4.90 Å². The van der Waals surface area contributed by atoms with E-state index >= 15 is 0 Å². The first-order valence-corrected chi connectivity index (χ1v) is 5.94. The molecule has 1 amide bonds. The van der Waals surface area contributed by atoms with Crippen molar-refractivity contribution < 1.29 is 19.4 Å². The Morgan fingerprint density at radius 2 is 1.94 bits per heavy atom. The van der Waals surface area contributed by atoms with E-state index in [0.717, 1.165) is 0 Å². The van der Waals surface area contributed by atoms with E-state index in [4.69, 9.17) is 9.84 Å². The van der Waals surface area contributed by atoms with Gasteiger partial charge in [-0.25, -0.2) is 4.79 Å². The van der Waals surface area contributed by atoms with Gasteiger partial charge in [0.15, 0.2) is 0 Å². The maximum atomic E-state index is 11.8. The van der Waals surface area contributed by atoms with Crippen LogP contribution in [0.3, 0.4) is 0 Å². The Bertz CT molecular complexity index is 316. The molecule has 2 unspecified atom stereocenters. The number of rotatable bonds is 1. The van der Waals surface area contributed by atoms with Gasteiger partial charge >= 0.3 is 12.1 Å². The molecular weight excluding hydrogens is 243 g/mol. The maximum absolute atomic E-state index is 11.8. The molecule has 1 N–H and O–H groups in total. The molecule has 0 aromatic rings. The fourth-order valence-corrected chi connectivity index (χ4v) is 1.85. The number of ether oxygens (including phenoxy) is 1. The Balaban J connectivity index is 2.62. The monoisotopic (exact) mass is 262 g/mol. The second-order valence-corrected chi connectivity index (χ2v) is 5.68. The molecule has 0 aromatic carbocycles. The maximum Gasteiger partial charge on any atom is 0.410 e. The lowest BCUT2D eigenvalue weighted by atomic mass is 10.2. The van der Waals surface area contributed by atoms with Crippen molar-refractivity contribution in [3.05, 3.63) is 0 Å². The van der Waals surface area contributed by atoms with E-state index in [1.807, 2.05) is 0 Å². The molecule has 98 valence electrons. The van der Waals surface area contributed by atoms with Crippen LogP contribution in [0.25, 0.3) is 0 Å². The SMILES string of the molecule is CC(C)(C)OC(=O)N1CCN(P)C(C(=O)O)C1. The molecule has 1 aliphatic rings. The van der Waals surface area contributed by atoms with Gasteiger partial charge in [0.25, 0.3) is 0 Å². The highest BCUT2D eigenvalue weighted by atomic mass is 31.0. The quantitative estimate of drug-likeness (QED) is 0.707. The van der Waals surface area contributed by atoms with E-state index in [-0.39, 0.29) is 6.54 Å². The van der Waals surface area contributed by atoms with Gasteiger partial charge in [0, 0.05) is 13.1 Å². The molecule has 0 radical (unpaired) electrons. The summed E-state index contributed by atoms with van der Waals surface area (Å²) in [5, 5.41) is 9.01. The fraction of sp³-hybridized carbons (Fsp3) is 0.800. The molecule has 1 saturated heterocycles. The smallest absolute Gasteiger partial charge is 0.410 e. The van der Waals surface area contributed by atoms with Crippen molar-refractivity contribution in [2.24, 2.45) is 0 Å². The molecule has 17 heavy (non-hydrogen) atoms. The summed E-state index contributed by atoms with van der Waals surface area (Å²) in [6, 6.07) is -0.693. The van der Waals surface area contributed by atoms with E-state index in [1.54, 1.807) is 25.4 Å². The van der Waals surface area contributed by atoms with Crippen molar-refractivity contribution in [2.45, 2.75) is 32.4 Å². The number of amides is 1. The van der Waals surface area contributed by atoms with Crippen LogP contribution in [0, 0.1) is 0 Å². The number of aliphatic carboxylic acids is 1. The van der Waals surface area contributed by atoms with Gasteiger partial charge in [0.05, 0.1) is 6.54 Å². The second-order valence-electron chi connectivity index (χ2n) is 5.02. The van der Waals surface area contributed by atoms with Crippen LogP contribution in [-0.2, 0) is 9.53 Å². The van der Waals surface area contributed by atoms with Crippen molar-refractivity contribution in [1.82, 2.24) is 9.57 Å². The Labute approximate surface area is 103 Å². The third-order valence-electron chi connectivity index (χ3n) is 2.36. The minimum Gasteiger partial charge on any atom is -0.480 e. The lowest BCUT2D eigenvalue weighted by molar-refractivity contribution is -0.142. The van der Waals surface area contributed by atoms with Crippen molar-refractivity contribution in [1.29, 1.82) is 0 Å². The number of piperazine rings is 1. The molecule has 7 heteroatoms. The van der Waals surface area contributed by atoms with Gasteiger partial charge in [-0.2, -0.15) is 0 Å². The van der Waals surface area contributed by atoms with Gasteiger partial charge in [-0.3, -0.25) is 9.46 Å². The first-order chi connectivity index (χ1) is 7.70. The van der Waals surface area contributed by atoms with Crippen molar-refractivity contribution in [3.8, 4) is 0 Å². The Hall–Kier alpha value is -0.870. The van der Waals surface area contributed by atoms with E-state index in [0.29, 0.717) is 13.1 Å². The molecule has 0 spiro atoms. The van der Waals surface area contributed by atoms with Gasteiger partial charge in [-0.05, 0) is 20.8 Å². The third kappa shape index (κ3) is 4.13. The van der Waals surface area contributed by atoms with Crippen LogP contribution in [0.5, 0.6) is 0 Å². The highest BCUT2D eigenvalue weighted by molar-refractivity contribution is 7.13. The molecule has 1 fully saturated rings. The van der Waals surface area contributed by atoms with Gasteiger partial charge in [0.1, 0.15) is 11.6 Å². The number of carboxylic acids is 1. The van der Waals surface area contributed by atoms with Crippen molar-refractivity contribution in [3.63, 3.8) is 0 Å². The number of hydrogen-bond acceptors (Lipinski definition) is 4. The van der Waals surface area contributed by atoms with Crippen molar-refractivity contribution in [2.75, 3.05) is 19.6 Å². The molecular formula is C10H19N2O4P. The van der Waals surface area contributed by atoms with E-state index in [9.17, 15) is 9.59 Å². The average molecular weight is 262 g/mol. The lowest BCUT2D eigenvalue weighted by Gasteiger charge is -2.37. The minimum atomic E-state index is -0.937. The summed E-state index contributed by atoms with van der Waals surface area (Å²) in [4.78, 5) is 24.2. The average Bonchev–Trinajstić information content (AvgIpc) is 2.14. The highest BCUT2D eigenvalue weighted by Gasteiger charge is 2.34. The fourth-order valence-electron chi connectivity index (χ4n) is 1.51. The minimum absolute atomic E-state index is 0.147. The molecule has 6 nitrogen and oxygen atoms in total. The first-order valence-electron chi connectivity index (χ1n) is 5.43. The van der Waals surface area contributed by atoms with Crippen LogP contribution < -0.4 is 0 Å². The van der Waals surface area contributed by atoms with Crippen LogP contribution >= 0.6 is 9.39 Å². The molecule has 1 heterocycles. The Morgan fingerprint density at radius 1 is 1.35 bits per heavy atom. The molecule has 1 rings (SSSR count). The first kappa shape index (κ1) is 14.2. The Morgan fingerprint density at radius 3 is 2.41 bits per heavy atom. The predicted molar refractivity (Wildman–Crippen MR) is 65.6 cm³/mol. The second kappa shape index (κ2) is 5.19. The molecule has 2 atom stereocenters. The number of carbonyl (C=O) groups excluding carboxylic acids is 1. The lowest BCUT2D eigenvalue weighted by Crippen LogP contribution is -2.55. The molecule has 1 aliphatic heterocycles. The zero-order chi connectivity index (χ0) is 13.2. The van der Waals surface area contributed by atoms with Crippen LogP contribution in [0.4, 0.5) is 4.79 Å². The standard InChI is InChI=1S/C10H19N2O4P/c1-10(2,3)16-9(15)11-4-5-12(17)7(6-11)8(13)14/h7H,4-6,17H2,1-3H3,(H,13,14). The molecule has 0 aliphatic carbocycles. The van der Waals surface area contributed by atoms with Crippen LogP contribution in [0.15, 0.2) is 0 Å². The number of carboxylic acid groups (broad SMARTS) is 1. The summed E-state index contributed by atoms with van der Waals surface area (Å²) in [5.74, 6) is -0.937. The van der Waals surface area contributed by atoms with Gasteiger partial charge < -0.3 is 14.7 Å². The van der Waals surface area contributed by atoms with Crippen LogP contribution in [0.1, 0.15) is 20.8 Å². The zero-order valence-electron chi connectivity index (χ0n) is 10.3. The normalized spacial score (nSPS) is 22.4. The van der Waals surface area contributed by atoms with E-state index < -0.39 is 23.7 Å². The zero-order valence-corrected chi connectivity index (χ0v) is 11.5. The topological polar surface area (TPSA) is 70.1 Å². The van der Waals surface area contributed by atoms with Crippen molar-refractivity contribution >= 4 is 21.5 Å². The summed E-state index contributed by atoms with van der Waals surface area (Å²) in [6.07, 6.45) is -0.457. The largest absolute Gasteiger partial charge is 0.480 e. The molecule has 0 bridgehead atoms. The summed E-state index contributed by atoms with van der Waals surface area (Å²) in [5.41, 5.74) is -0.562. The number of carbonyl (C=O) groups is 2. The predicted octanol–water partition coefficient (Wildman–Crippen LogP) is 0.782. The van der Waals surface area contributed by atoms with Crippen LogP contribution in [0.2, 0.25) is 0 Å². The Kier molecular flexibility index (Phi) is 4.33. The van der Waals surface area contributed by atoms with Gasteiger partial charge in [-0.1, -0.05) is 9.39 Å². The highest BCUT2D eigenvalue weighted by Crippen LogP contribution is 2.17. The molecule has 0 aromatic heterocycles. The van der Waals surface area contributed by atoms with Crippen LogP contribution in [-0.4, -0.2) is 58.0 Å². The number of hydrogen-bond donors (Lipinski definition) is 1.